The van der Waals surface area contributed by atoms with Crippen molar-refractivity contribution >= 4 is 52.1 Å². The second-order valence-corrected chi connectivity index (χ2v) is 22.0. The van der Waals surface area contributed by atoms with Crippen molar-refractivity contribution in [2.24, 2.45) is 0 Å². The van der Waals surface area contributed by atoms with Gasteiger partial charge in [-0.1, -0.05) is 0 Å². The van der Waals surface area contributed by atoms with Gasteiger partial charge in [-0.05, 0) is 0 Å². The van der Waals surface area contributed by atoms with Gasteiger partial charge in [-0.25, -0.2) is 0 Å². The minimum absolute atomic E-state index is 0.148. The van der Waals surface area contributed by atoms with Crippen molar-refractivity contribution in [2.45, 2.75) is 0 Å². The van der Waals surface area contributed by atoms with E-state index in [0.29, 0.717) is 0 Å². The molecule has 0 aliphatic carbocycles. The maximum absolute atomic E-state index is 11.1. The number of nitrogens with zero attached hydrogens (tertiary/aromatic N) is 1. The third-order valence-electron chi connectivity index (χ3n) is 2.38. The van der Waals surface area contributed by atoms with Gasteiger partial charge in [0.1, 0.15) is 0 Å². The predicted octanol–water partition coefficient (Wildman–Crippen LogP) is 2.94. The van der Waals surface area contributed by atoms with E-state index < -0.39 is 9.23 Å². The van der Waals surface area contributed by atoms with Crippen molar-refractivity contribution < 1.29 is 4.92 Å². The van der Waals surface area contributed by atoms with Crippen LogP contribution in [0.15, 0.2) is 54.6 Å². The van der Waals surface area contributed by atoms with Gasteiger partial charge in [0.15, 0.2) is 0 Å². The van der Waals surface area contributed by atoms with E-state index in [2.05, 4.69) is 28.2 Å². The molecule has 3 nitrogen and oxygen atoms in total. The van der Waals surface area contributed by atoms with Gasteiger partial charge in [0.05, 0.1) is 0 Å². The number of hydrogen-bond acceptors (Lipinski definition) is 2. The normalized spacial score (nSPS) is 12.1. The number of nitro groups is 1. The summed E-state index contributed by atoms with van der Waals surface area (Å²) in [7, 11) is -2.58. The Bertz CT molecular complexity index is 575. The van der Waals surface area contributed by atoms with Crippen LogP contribution in [-0.4, -0.2) is 14.2 Å². The Balaban J connectivity index is 2.58. The fraction of sp³-hybridized carbons (Fsp3) is 0. The molecule has 0 atom stereocenters. The number of benzene rings is 2. The van der Waals surface area contributed by atoms with Crippen LogP contribution in [0.2, 0.25) is 0 Å². The Morgan fingerprint density at radius 2 is 1.50 bits per heavy atom. The molecule has 0 spiro atoms. The number of halogens is 2. The van der Waals surface area contributed by atoms with Gasteiger partial charge < -0.3 is 0 Å². The summed E-state index contributed by atoms with van der Waals surface area (Å²) in [6.45, 7) is 0. The fourth-order valence-corrected chi connectivity index (χ4v) is 9.58. The predicted molar refractivity (Wildman–Crippen MR) is 82.4 cm³/mol. The monoisotopic (exact) mass is 437 g/mol. The molecule has 2 aromatic rings. The van der Waals surface area contributed by atoms with Crippen molar-refractivity contribution in [3.05, 3.63) is 64.7 Å². The van der Waals surface area contributed by atoms with E-state index >= 15 is 0 Å². The molecule has 0 fully saturated rings. The van der Waals surface area contributed by atoms with E-state index in [1.807, 2.05) is 36.4 Å². The van der Waals surface area contributed by atoms with Crippen LogP contribution in [0.3, 0.4) is 0 Å². The maximum atomic E-state index is 11.1. The molecular weight excluding hydrogens is 429 g/mol. The quantitative estimate of drug-likeness (QED) is 0.421. The molecule has 0 N–H and O–H groups in total. The first-order chi connectivity index (χ1) is 8.53. The molecular formula is C12H9Br2NO2Se. The Labute approximate surface area is 121 Å². The summed E-state index contributed by atoms with van der Waals surface area (Å²) in [5, 5.41) is 11.1. The standard InChI is InChI=1S/C12H9Br2NO2Se/c13-18(14,10-6-2-1-3-7-10)12-9-5-4-8-11(12)15(16)17/h1-9H. The number of para-hydroxylation sites is 1. The molecule has 0 saturated heterocycles. The molecule has 0 radical (unpaired) electrons. The second-order valence-electron chi connectivity index (χ2n) is 3.51. The van der Waals surface area contributed by atoms with E-state index in [0.717, 1.165) is 8.92 Å². The second kappa shape index (κ2) is 5.53. The molecule has 0 aliphatic heterocycles. The van der Waals surface area contributed by atoms with Gasteiger partial charge in [-0.2, -0.15) is 0 Å². The number of rotatable bonds is 3. The van der Waals surface area contributed by atoms with Crippen LogP contribution in [0.25, 0.3) is 0 Å². The SMILES string of the molecule is O=[N+]([O-])c1ccccc1[Se](Br)(Br)c1ccccc1. The number of nitro benzene ring substituents is 1. The van der Waals surface area contributed by atoms with Gasteiger partial charge in [-0.3, -0.25) is 0 Å². The third kappa shape index (κ3) is 2.67. The summed E-state index contributed by atoms with van der Waals surface area (Å²) in [4.78, 5) is 10.7. The van der Waals surface area contributed by atoms with Gasteiger partial charge in [0, 0.05) is 0 Å². The molecule has 94 valence electrons. The van der Waals surface area contributed by atoms with Crippen molar-refractivity contribution in [1.29, 1.82) is 0 Å². The van der Waals surface area contributed by atoms with Gasteiger partial charge in [-0.15, -0.1) is 0 Å². The summed E-state index contributed by atoms with van der Waals surface area (Å²) in [6, 6.07) is 16.6. The first-order valence-corrected chi connectivity index (χ1v) is 14.8. The van der Waals surface area contributed by atoms with Crippen LogP contribution in [-0.2, 0) is 0 Å². The zero-order valence-corrected chi connectivity index (χ0v) is 14.0. The van der Waals surface area contributed by atoms with Crippen LogP contribution in [0.4, 0.5) is 5.69 Å². The van der Waals surface area contributed by atoms with E-state index in [1.165, 1.54) is 6.07 Å². The summed E-state index contributed by atoms with van der Waals surface area (Å²) in [5.74, 6) is 0. The number of hydrogen-bond donors (Lipinski definition) is 0. The van der Waals surface area contributed by atoms with E-state index in [1.54, 1.807) is 12.1 Å². The zero-order chi connectivity index (χ0) is 13.2. The van der Waals surface area contributed by atoms with Gasteiger partial charge >= 0.3 is 122 Å². The molecule has 2 aromatic carbocycles. The Kier molecular flexibility index (Phi) is 4.22. The summed E-state index contributed by atoms with van der Waals surface area (Å²) in [6.07, 6.45) is 0. The first kappa shape index (κ1) is 13.7. The zero-order valence-electron chi connectivity index (χ0n) is 9.12. The molecule has 6 heteroatoms. The van der Waals surface area contributed by atoms with Crippen molar-refractivity contribution in [1.82, 2.24) is 0 Å². The summed E-state index contributed by atoms with van der Waals surface area (Å²) < 4.78 is 1.79. The van der Waals surface area contributed by atoms with E-state index in [-0.39, 0.29) is 10.6 Å². The summed E-state index contributed by atoms with van der Waals surface area (Å²) >= 11 is 7.37. The molecule has 0 aliphatic rings. The summed E-state index contributed by atoms with van der Waals surface area (Å²) in [5.41, 5.74) is 0.148. The van der Waals surface area contributed by atoms with E-state index in [9.17, 15) is 10.1 Å². The van der Waals surface area contributed by atoms with Crippen molar-refractivity contribution in [3.8, 4) is 0 Å². The average Bonchev–Trinajstić information content (AvgIpc) is 2.39. The first-order valence-electron chi connectivity index (χ1n) is 5.04. The Hall–Kier alpha value is -0.681. The average molecular weight is 438 g/mol. The van der Waals surface area contributed by atoms with Crippen molar-refractivity contribution in [3.63, 3.8) is 0 Å². The molecule has 0 unspecified atom stereocenters. The van der Waals surface area contributed by atoms with Crippen LogP contribution in [0, 0.1) is 10.1 Å². The fourth-order valence-electron chi connectivity index (χ4n) is 1.54. The third-order valence-corrected chi connectivity index (χ3v) is 13.6. The molecule has 0 amide bonds. The van der Waals surface area contributed by atoms with Crippen LogP contribution < -0.4 is 8.92 Å². The van der Waals surface area contributed by atoms with Crippen LogP contribution >= 0.6 is 28.2 Å². The van der Waals surface area contributed by atoms with Crippen LogP contribution in [0.5, 0.6) is 0 Å². The molecule has 0 heterocycles. The molecule has 0 bridgehead atoms. The van der Waals surface area contributed by atoms with E-state index in [4.69, 9.17) is 0 Å². The minimum atomic E-state index is -2.58. The molecule has 2 rings (SSSR count). The Morgan fingerprint density at radius 1 is 0.944 bits per heavy atom. The van der Waals surface area contributed by atoms with Crippen LogP contribution in [0.1, 0.15) is 0 Å². The molecule has 18 heavy (non-hydrogen) atoms. The van der Waals surface area contributed by atoms with Gasteiger partial charge in [0.25, 0.3) is 0 Å². The molecule has 0 saturated carbocycles. The topological polar surface area (TPSA) is 43.1 Å². The molecule has 0 aromatic heterocycles. The Morgan fingerprint density at radius 3 is 2.11 bits per heavy atom. The van der Waals surface area contributed by atoms with Crippen molar-refractivity contribution in [2.75, 3.05) is 0 Å². The van der Waals surface area contributed by atoms with Gasteiger partial charge in [0.2, 0.25) is 0 Å².